The molecule has 7 nitrogen and oxygen atoms in total. The molecular weight excluding hydrogens is 390 g/mol. The molecule has 1 amide bonds. The van der Waals surface area contributed by atoms with Crippen molar-refractivity contribution in [1.29, 1.82) is 0 Å². The second-order valence-electron chi connectivity index (χ2n) is 5.95. The molecule has 0 unspecified atom stereocenters. The van der Waals surface area contributed by atoms with Gasteiger partial charge in [0.2, 0.25) is 15.9 Å². The van der Waals surface area contributed by atoms with E-state index in [0.717, 1.165) is 5.69 Å². The zero-order valence-electron chi connectivity index (χ0n) is 14.5. The maximum Gasteiger partial charge on any atom is 0.243 e. The van der Waals surface area contributed by atoms with Gasteiger partial charge in [0, 0.05) is 29.5 Å². The number of rotatable bonds is 6. The highest BCUT2D eigenvalue weighted by Gasteiger charge is 2.26. The number of carbonyl (C=O) groups is 1. The molecule has 0 aromatic heterocycles. The van der Waals surface area contributed by atoms with Crippen molar-refractivity contribution in [2.45, 2.75) is 4.90 Å². The van der Waals surface area contributed by atoms with Gasteiger partial charge in [-0.3, -0.25) is 4.79 Å². The number of hydrogen-bond donors (Lipinski definition) is 2. The van der Waals surface area contributed by atoms with Crippen LogP contribution in [0, 0.1) is 0 Å². The molecule has 9 heteroatoms. The lowest BCUT2D eigenvalue weighted by Gasteiger charge is -2.26. The summed E-state index contributed by atoms with van der Waals surface area (Å²) in [7, 11) is -3.61. The number of amides is 1. The summed E-state index contributed by atoms with van der Waals surface area (Å²) < 4.78 is 32.0. The van der Waals surface area contributed by atoms with E-state index in [1.807, 2.05) is 0 Å². The van der Waals surface area contributed by atoms with Gasteiger partial charge in [0.05, 0.1) is 24.7 Å². The van der Waals surface area contributed by atoms with Gasteiger partial charge >= 0.3 is 0 Å². The first-order valence-corrected chi connectivity index (χ1v) is 10.2. The van der Waals surface area contributed by atoms with E-state index in [0.29, 0.717) is 37.0 Å². The molecule has 1 saturated heterocycles. The van der Waals surface area contributed by atoms with Crippen molar-refractivity contribution < 1.29 is 17.9 Å². The fourth-order valence-electron chi connectivity index (χ4n) is 2.63. The van der Waals surface area contributed by atoms with Gasteiger partial charge in [0.15, 0.2) is 0 Å². The average molecular weight is 410 g/mol. The number of ether oxygens (including phenoxy) is 1. The molecule has 0 saturated carbocycles. The Kier molecular flexibility index (Phi) is 6.33. The molecule has 1 heterocycles. The summed E-state index contributed by atoms with van der Waals surface area (Å²) in [4.78, 5) is 12.3. The Morgan fingerprint density at radius 1 is 1.07 bits per heavy atom. The number of morpholine rings is 1. The highest BCUT2D eigenvalue weighted by molar-refractivity contribution is 7.89. The van der Waals surface area contributed by atoms with Crippen LogP contribution in [0.25, 0.3) is 0 Å². The van der Waals surface area contributed by atoms with Gasteiger partial charge in [0.25, 0.3) is 0 Å². The first kappa shape index (κ1) is 19.6. The maximum absolute atomic E-state index is 12.7. The third-order valence-corrected chi connectivity index (χ3v) is 6.17. The second kappa shape index (κ2) is 8.71. The van der Waals surface area contributed by atoms with Crippen LogP contribution in [-0.2, 0) is 19.6 Å². The van der Waals surface area contributed by atoms with Crippen molar-refractivity contribution >= 4 is 38.9 Å². The molecule has 1 aliphatic heterocycles. The summed E-state index contributed by atoms with van der Waals surface area (Å²) in [5, 5.41) is 6.30. The lowest BCUT2D eigenvalue weighted by molar-refractivity contribution is -0.114. The summed E-state index contributed by atoms with van der Waals surface area (Å²) in [5.41, 5.74) is 1.19. The van der Waals surface area contributed by atoms with E-state index >= 15 is 0 Å². The predicted octanol–water partition coefficient (Wildman–Crippen LogP) is 2.41. The van der Waals surface area contributed by atoms with Crippen molar-refractivity contribution in [1.82, 2.24) is 4.31 Å². The highest BCUT2D eigenvalue weighted by Crippen LogP contribution is 2.20. The number of benzene rings is 2. The monoisotopic (exact) mass is 409 g/mol. The number of nitrogens with one attached hydrogen (secondary N) is 2. The lowest BCUT2D eigenvalue weighted by atomic mass is 10.3. The Labute approximate surface area is 163 Å². The van der Waals surface area contributed by atoms with Crippen LogP contribution < -0.4 is 10.6 Å². The fraction of sp³-hybridized carbons (Fsp3) is 0.278. The topological polar surface area (TPSA) is 87.7 Å². The zero-order valence-corrected chi connectivity index (χ0v) is 16.1. The predicted molar refractivity (Wildman–Crippen MR) is 105 cm³/mol. The van der Waals surface area contributed by atoms with Gasteiger partial charge in [-0.25, -0.2) is 8.42 Å². The van der Waals surface area contributed by atoms with E-state index in [9.17, 15) is 13.2 Å². The minimum absolute atomic E-state index is 0.0437. The summed E-state index contributed by atoms with van der Waals surface area (Å²) in [6, 6.07) is 13.2. The third-order valence-electron chi connectivity index (χ3n) is 4.02. The number of anilines is 2. The quantitative estimate of drug-likeness (QED) is 0.765. The molecule has 27 heavy (non-hydrogen) atoms. The molecule has 0 radical (unpaired) electrons. The van der Waals surface area contributed by atoms with Gasteiger partial charge < -0.3 is 15.4 Å². The standard InChI is InChI=1S/C18H20ClN3O4S/c19-14-4-6-15(7-5-14)20-13-18(23)21-16-2-1-3-17(12-16)27(24,25)22-8-10-26-11-9-22/h1-7,12,20H,8-11,13H2,(H,21,23). The Balaban J connectivity index is 1.63. The van der Waals surface area contributed by atoms with Gasteiger partial charge in [-0.15, -0.1) is 0 Å². The number of carbonyl (C=O) groups excluding carboxylic acids is 1. The smallest absolute Gasteiger partial charge is 0.243 e. The van der Waals surface area contributed by atoms with E-state index in [2.05, 4.69) is 10.6 Å². The van der Waals surface area contributed by atoms with Gasteiger partial charge in [-0.1, -0.05) is 17.7 Å². The molecule has 0 bridgehead atoms. The van der Waals surface area contributed by atoms with E-state index < -0.39 is 10.0 Å². The molecular formula is C18H20ClN3O4S. The van der Waals surface area contributed by atoms with Crippen LogP contribution in [0.5, 0.6) is 0 Å². The zero-order chi connectivity index (χ0) is 19.3. The number of nitrogens with zero attached hydrogens (tertiary/aromatic N) is 1. The Morgan fingerprint density at radius 3 is 2.48 bits per heavy atom. The molecule has 1 fully saturated rings. The molecule has 144 valence electrons. The summed E-state index contributed by atoms with van der Waals surface area (Å²) in [6.45, 7) is 1.45. The second-order valence-corrected chi connectivity index (χ2v) is 8.33. The number of hydrogen-bond acceptors (Lipinski definition) is 5. The van der Waals surface area contributed by atoms with E-state index in [-0.39, 0.29) is 17.3 Å². The average Bonchev–Trinajstić information content (AvgIpc) is 2.68. The maximum atomic E-state index is 12.7. The molecule has 3 rings (SSSR count). The Bertz CT molecular complexity index is 897. The summed E-state index contributed by atoms with van der Waals surface area (Å²) in [5.74, 6) is -0.286. The van der Waals surface area contributed by atoms with Crippen molar-refractivity contribution in [3.63, 3.8) is 0 Å². The number of halogens is 1. The highest BCUT2D eigenvalue weighted by atomic mass is 35.5. The van der Waals surface area contributed by atoms with Crippen LogP contribution >= 0.6 is 11.6 Å². The Hall–Kier alpha value is -2.13. The van der Waals surface area contributed by atoms with Crippen LogP contribution in [-0.4, -0.2) is 51.5 Å². The molecule has 0 aliphatic carbocycles. The Morgan fingerprint density at radius 2 is 1.78 bits per heavy atom. The summed E-state index contributed by atoms with van der Waals surface area (Å²) in [6.07, 6.45) is 0. The molecule has 2 aromatic carbocycles. The fourth-order valence-corrected chi connectivity index (χ4v) is 4.21. The first-order chi connectivity index (χ1) is 12.9. The molecule has 1 aliphatic rings. The van der Waals surface area contributed by atoms with Gasteiger partial charge in [-0.2, -0.15) is 4.31 Å². The first-order valence-electron chi connectivity index (χ1n) is 8.42. The minimum atomic E-state index is -3.61. The van der Waals surface area contributed by atoms with Crippen molar-refractivity contribution in [3.8, 4) is 0 Å². The normalized spacial score (nSPS) is 15.3. The van der Waals surface area contributed by atoms with Crippen LogP contribution in [0.1, 0.15) is 0 Å². The van der Waals surface area contributed by atoms with Crippen LogP contribution in [0.2, 0.25) is 5.02 Å². The molecule has 0 atom stereocenters. The molecule has 2 aromatic rings. The molecule has 0 spiro atoms. The SMILES string of the molecule is O=C(CNc1ccc(Cl)cc1)Nc1cccc(S(=O)(=O)N2CCOCC2)c1. The third kappa shape index (κ3) is 5.20. The summed E-state index contributed by atoms with van der Waals surface area (Å²) >= 11 is 5.82. The van der Waals surface area contributed by atoms with Gasteiger partial charge in [0.1, 0.15) is 0 Å². The van der Waals surface area contributed by atoms with E-state index in [1.54, 1.807) is 36.4 Å². The minimum Gasteiger partial charge on any atom is -0.379 e. The van der Waals surface area contributed by atoms with Crippen molar-refractivity contribution in [2.24, 2.45) is 0 Å². The van der Waals surface area contributed by atoms with Crippen molar-refractivity contribution in [3.05, 3.63) is 53.6 Å². The van der Waals surface area contributed by atoms with Crippen LogP contribution in [0.3, 0.4) is 0 Å². The van der Waals surface area contributed by atoms with Crippen LogP contribution in [0.4, 0.5) is 11.4 Å². The van der Waals surface area contributed by atoms with E-state index in [4.69, 9.17) is 16.3 Å². The molecule has 2 N–H and O–H groups in total. The lowest BCUT2D eigenvalue weighted by Crippen LogP contribution is -2.40. The van der Waals surface area contributed by atoms with Crippen molar-refractivity contribution in [2.75, 3.05) is 43.5 Å². The van der Waals surface area contributed by atoms with Crippen LogP contribution in [0.15, 0.2) is 53.4 Å². The van der Waals surface area contributed by atoms with Gasteiger partial charge in [-0.05, 0) is 42.5 Å². The largest absolute Gasteiger partial charge is 0.379 e. The van der Waals surface area contributed by atoms with E-state index in [1.165, 1.54) is 16.4 Å². The number of sulfonamides is 1.